The highest BCUT2D eigenvalue weighted by molar-refractivity contribution is 5.86. The zero-order chi connectivity index (χ0) is 10.3. The molecule has 3 N–H and O–H groups in total. The maximum atomic E-state index is 9.69. The molecule has 0 aliphatic rings. The standard InChI is InChI=1S/C11H14N2O/c1-7(12)9-6-8-4-3-5-10(14)11(8)13(9)2/h3-7,14H,12H2,1-2H3. The average molecular weight is 190 g/mol. The fourth-order valence-electron chi connectivity index (χ4n) is 1.85. The Bertz CT molecular complexity index is 471. The van der Waals surface area contributed by atoms with Gasteiger partial charge >= 0.3 is 0 Å². The van der Waals surface area contributed by atoms with Crippen LogP contribution in [0.5, 0.6) is 5.75 Å². The normalized spacial score (nSPS) is 13.4. The highest BCUT2D eigenvalue weighted by Gasteiger charge is 2.11. The van der Waals surface area contributed by atoms with Gasteiger partial charge in [-0.3, -0.25) is 0 Å². The summed E-state index contributed by atoms with van der Waals surface area (Å²) in [4.78, 5) is 0. The van der Waals surface area contributed by atoms with E-state index in [2.05, 4.69) is 0 Å². The van der Waals surface area contributed by atoms with Gasteiger partial charge in [0.2, 0.25) is 0 Å². The van der Waals surface area contributed by atoms with Crippen LogP contribution < -0.4 is 5.73 Å². The highest BCUT2D eigenvalue weighted by atomic mass is 16.3. The van der Waals surface area contributed by atoms with Crippen LogP contribution >= 0.6 is 0 Å². The van der Waals surface area contributed by atoms with Crippen molar-refractivity contribution in [1.29, 1.82) is 0 Å². The zero-order valence-corrected chi connectivity index (χ0v) is 8.36. The topological polar surface area (TPSA) is 51.2 Å². The van der Waals surface area contributed by atoms with E-state index in [4.69, 9.17) is 5.73 Å². The van der Waals surface area contributed by atoms with Crippen LogP contribution in [0.15, 0.2) is 24.3 Å². The van der Waals surface area contributed by atoms with Crippen LogP contribution in [0, 0.1) is 0 Å². The molecular formula is C11H14N2O. The molecule has 1 atom stereocenters. The van der Waals surface area contributed by atoms with Gasteiger partial charge in [0, 0.05) is 24.2 Å². The molecule has 14 heavy (non-hydrogen) atoms. The minimum Gasteiger partial charge on any atom is -0.506 e. The molecule has 1 aromatic carbocycles. The summed E-state index contributed by atoms with van der Waals surface area (Å²) in [5.74, 6) is 0.303. The molecule has 0 aliphatic heterocycles. The Hall–Kier alpha value is -1.48. The van der Waals surface area contributed by atoms with E-state index < -0.39 is 0 Å². The summed E-state index contributed by atoms with van der Waals surface area (Å²) in [7, 11) is 1.92. The largest absolute Gasteiger partial charge is 0.506 e. The minimum absolute atomic E-state index is 0.0215. The van der Waals surface area contributed by atoms with Gasteiger partial charge in [-0.25, -0.2) is 0 Å². The number of para-hydroxylation sites is 1. The number of nitrogens with two attached hydrogens (primary N) is 1. The van der Waals surface area contributed by atoms with Gasteiger partial charge in [-0.2, -0.15) is 0 Å². The predicted octanol–water partition coefficient (Wildman–Crippen LogP) is 1.90. The van der Waals surface area contributed by atoms with Crippen LogP contribution in [0.25, 0.3) is 10.9 Å². The number of rotatable bonds is 1. The Morgan fingerprint density at radius 1 is 1.43 bits per heavy atom. The minimum atomic E-state index is -0.0215. The Labute approximate surface area is 82.8 Å². The fraction of sp³-hybridized carbons (Fsp3) is 0.273. The maximum Gasteiger partial charge on any atom is 0.139 e. The molecule has 1 unspecified atom stereocenters. The number of phenolic OH excluding ortho intramolecular Hbond substituents is 1. The van der Waals surface area contributed by atoms with E-state index >= 15 is 0 Å². The Kier molecular flexibility index (Phi) is 1.97. The summed E-state index contributed by atoms with van der Waals surface area (Å²) < 4.78 is 1.94. The Morgan fingerprint density at radius 2 is 2.14 bits per heavy atom. The molecule has 3 nitrogen and oxygen atoms in total. The van der Waals surface area contributed by atoms with E-state index in [0.717, 1.165) is 16.6 Å². The lowest BCUT2D eigenvalue weighted by atomic mass is 10.2. The number of nitrogens with zero attached hydrogens (tertiary/aromatic N) is 1. The molecule has 0 bridgehead atoms. The van der Waals surface area contributed by atoms with Crippen molar-refractivity contribution >= 4 is 10.9 Å². The molecule has 3 heteroatoms. The number of fused-ring (bicyclic) bond motifs is 1. The van der Waals surface area contributed by atoms with Crippen molar-refractivity contribution in [3.8, 4) is 5.75 Å². The first kappa shape index (κ1) is 9.09. The second-order valence-corrected chi connectivity index (χ2v) is 3.63. The first-order valence-corrected chi connectivity index (χ1v) is 4.64. The lowest BCUT2D eigenvalue weighted by Crippen LogP contribution is -2.09. The lowest BCUT2D eigenvalue weighted by molar-refractivity contribution is 0.478. The molecular weight excluding hydrogens is 176 g/mol. The number of aryl methyl sites for hydroxylation is 1. The number of hydrogen-bond acceptors (Lipinski definition) is 2. The van der Waals surface area contributed by atoms with E-state index in [9.17, 15) is 5.11 Å². The highest BCUT2D eigenvalue weighted by Crippen LogP contribution is 2.28. The third-order valence-corrected chi connectivity index (χ3v) is 2.54. The summed E-state index contributed by atoms with van der Waals surface area (Å²) in [5, 5.41) is 10.7. The van der Waals surface area contributed by atoms with Gasteiger partial charge in [0.05, 0.1) is 5.52 Å². The van der Waals surface area contributed by atoms with E-state index in [-0.39, 0.29) is 6.04 Å². The Balaban J connectivity index is 2.81. The quantitative estimate of drug-likeness (QED) is 0.721. The molecule has 0 fully saturated rings. The van der Waals surface area contributed by atoms with Gasteiger partial charge in [0.25, 0.3) is 0 Å². The molecule has 1 aromatic heterocycles. The lowest BCUT2D eigenvalue weighted by Gasteiger charge is -2.07. The molecule has 2 aromatic rings. The summed E-state index contributed by atoms with van der Waals surface area (Å²) >= 11 is 0. The molecule has 0 spiro atoms. The molecule has 0 aliphatic carbocycles. The van der Waals surface area contributed by atoms with Crippen LogP contribution in [0.4, 0.5) is 0 Å². The summed E-state index contributed by atoms with van der Waals surface area (Å²) in [6.45, 7) is 1.94. The molecule has 0 amide bonds. The molecule has 0 saturated carbocycles. The second kappa shape index (κ2) is 3.03. The van der Waals surface area contributed by atoms with Gasteiger partial charge in [0.1, 0.15) is 5.75 Å². The number of phenols is 1. The predicted molar refractivity (Wildman–Crippen MR) is 57.2 cm³/mol. The number of benzene rings is 1. The van der Waals surface area contributed by atoms with E-state index in [0.29, 0.717) is 5.75 Å². The van der Waals surface area contributed by atoms with E-state index in [1.165, 1.54) is 0 Å². The van der Waals surface area contributed by atoms with Crippen LogP contribution in [0.3, 0.4) is 0 Å². The van der Waals surface area contributed by atoms with Crippen LogP contribution in [0.1, 0.15) is 18.7 Å². The van der Waals surface area contributed by atoms with Gasteiger partial charge < -0.3 is 15.4 Å². The van der Waals surface area contributed by atoms with Crippen molar-refractivity contribution in [2.24, 2.45) is 12.8 Å². The summed E-state index contributed by atoms with van der Waals surface area (Å²) in [6, 6.07) is 7.49. The summed E-state index contributed by atoms with van der Waals surface area (Å²) in [5.41, 5.74) is 7.70. The van der Waals surface area contributed by atoms with Crippen LogP contribution in [-0.4, -0.2) is 9.67 Å². The van der Waals surface area contributed by atoms with Gasteiger partial charge in [-0.1, -0.05) is 12.1 Å². The van der Waals surface area contributed by atoms with Crippen molar-refractivity contribution in [3.05, 3.63) is 30.0 Å². The smallest absolute Gasteiger partial charge is 0.139 e. The van der Waals surface area contributed by atoms with Crippen LogP contribution in [0.2, 0.25) is 0 Å². The van der Waals surface area contributed by atoms with Crippen molar-refractivity contribution < 1.29 is 5.11 Å². The Morgan fingerprint density at radius 3 is 2.71 bits per heavy atom. The SMILES string of the molecule is CC(N)c1cc2cccc(O)c2n1C. The van der Waals surface area contributed by atoms with Crippen molar-refractivity contribution in [2.45, 2.75) is 13.0 Å². The third kappa shape index (κ3) is 1.17. The van der Waals surface area contributed by atoms with E-state index in [1.54, 1.807) is 6.07 Å². The molecule has 0 radical (unpaired) electrons. The van der Waals surface area contributed by atoms with Gasteiger partial charge in [-0.05, 0) is 19.1 Å². The second-order valence-electron chi connectivity index (χ2n) is 3.63. The van der Waals surface area contributed by atoms with Crippen LogP contribution in [-0.2, 0) is 7.05 Å². The first-order valence-electron chi connectivity index (χ1n) is 4.64. The average Bonchev–Trinajstić information content (AvgIpc) is 2.45. The maximum absolute atomic E-state index is 9.69. The fourth-order valence-corrected chi connectivity index (χ4v) is 1.85. The number of aromatic hydroxyl groups is 1. The molecule has 74 valence electrons. The van der Waals surface area contributed by atoms with E-state index in [1.807, 2.05) is 36.7 Å². The summed E-state index contributed by atoms with van der Waals surface area (Å²) in [6.07, 6.45) is 0. The molecule has 1 heterocycles. The number of hydrogen-bond donors (Lipinski definition) is 2. The molecule has 0 saturated heterocycles. The third-order valence-electron chi connectivity index (χ3n) is 2.54. The van der Waals surface area contributed by atoms with Crippen molar-refractivity contribution in [2.75, 3.05) is 0 Å². The monoisotopic (exact) mass is 190 g/mol. The van der Waals surface area contributed by atoms with Crippen molar-refractivity contribution in [1.82, 2.24) is 4.57 Å². The van der Waals surface area contributed by atoms with Gasteiger partial charge in [0.15, 0.2) is 0 Å². The molecule has 2 rings (SSSR count). The van der Waals surface area contributed by atoms with Gasteiger partial charge in [-0.15, -0.1) is 0 Å². The number of aromatic nitrogens is 1. The first-order chi connectivity index (χ1) is 6.61. The van der Waals surface area contributed by atoms with Crippen molar-refractivity contribution in [3.63, 3.8) is 0 Å². The zero-order valence-electron chi connectivity index (χ0n) is 8.36.